The molecule has 1 aromatic carbocycles. The van der Waals surface area contributed by atoms with Crippen LogP contribution < -0.4 is 10.6 Å². The number of amides is 1. The van der Waals surface area contributed by atoms with Crippen LogP contribution in [0.3, 0.4) is 0 Å². The Kier molecular flexibility index (Phi) is 4.47. The van der Waals surface area contributed by atoms with E-state index in [1.165, 1.54) is 36.9 Å². The minimum atomic E-state index is 0.0848. The van der Waals surface area contributed by atoms with E-state index in [1.807, 2.05) is 12.1 Å². The third kappa shape index (κ3) is 3.58. The van der Waals surface area contributed by atoms with Crippen LogP contribution in [0.2, 0.25) is 0 Å². The van der Waals surface area contributed by atoms with Gasteiger partial charge in [0, 0.05) is 24.3 Å². The van der Waals surface area contributed by atoms with Crippen molar-refractivity contribution in [3.63, 3.8) is 0 Å². The molecule has 2 atom stereocenters. The predicted molar refractivity (Wildman–Crippen MR) is 86.7 cm³/mol. The molecule has 0 aromatic heterocycles. The van der Waals surface area contributed by atoms with Crippen molar-refractivity contribution >= 4 is 11.6 Å². The number of rotatable bonds is 3. The molecule has 1 aliphatic carbocycles. The largest absolute Gasteiger partial charge is 0.385 e. The molecular weight excluding hydrogens is 260 g/mol. The minimum absolute atomic E-state index is 0.0848. The van der Waals surface area contributed by atoms with Gasteiger partial charge in [0.1, 0.15) is 0 Å². The van der Waals surface area contributed by atoms with Crippen molar-refractivity contribution in [3.05, 3.63) is 29.3 Å². The Morgan fingerprint density at radius 2 is 2.24 bits per heavy atom. The Labute approximate surface area is 127 Å². The average molecular weight is 286 g/mol. The molecule has 1 aliphatic heterocycles. The molecule has 1 saturated carbocycles. The van der Waals surface area contributed by atoms with Crippen LogP contribution in [0.25, 0.3) is 0 Å². The van der Waals surface area contributed by atoms with Crippen LogP contribution in [-0.2, 0) is 6.42 Å². The number of fused-ring (bicyclic) bond motifs is 1. The monoisotopic (exact) mass is 286 g/mol. The number of carbonyl (C=O) groups is 1. The fourth-order valence-corrected chi connectivity index (χ4v) is 3.70. The smallest absolute Gasteiger partial charge is 0.251 e. The van der Waals surface area contributed by atoms with Crippen molar-refractivity contribution in [1.82, 2.24) is 5.32 Å². The summed E-state index contributed by atoms with van der Waals surface area (Å²) in [6.07, 6.45) is 7.41. The first kappa shape index (κ1) is 14.4. The van der Waals surface area contributed by atoms with Gasteiger partial charge in [-0.2, -0.15) is 0 Å². The van der Waals surface area contributed by atoms with Crippen LogP contribution in [-0.4, -0.2) is 19.0 Å². The lowest BCUT2D eigenvalue weighted by atomic mass is 9.82. The molecule has 1 fully saturated rings. The minimum Gasteiger partial charge on any atom is -0.385 e. The number of anilines is 1. The molecule has 1 heterocycles. The van der Waals surface area contributed by atoms with Gasteiger partial charge in [0.05, 0.1) is 0 Å². The average Bonchev–Trinajstić information content (AvgIpc) is 2.52. The number of aryl methyl sites for hydroxylation is 1. The van der Waals surface area contributed by atoms with Crippen LogP contribution in [0.5, 0.6) is 0 Å². The summed E-state index contributed by atoms with van der Waals surface area (Å²) in [6.45, 7) is 4.20. The first-order valence-electron chi connectivity index (χ1n) is 8.37. The summed E-state index contributed by atoms with van der Waals surface area (Å²) in [4.78, 5) is 12.3. The second kappa shape index (κ2) is 6.50. The number of nitrogens with one attached hydrogen (secondary N) is 2. The van der Waals surface area contributed by atoms with Crippen molar-refractivity contribution in [2.75, 3.05) is 18.4 Å². The zero-order valence-corrected chi connectivity index (χ0v) is 13.0. The fourth-order valence-electron chi connectivity index (χ4n) is 3.70. The molecule has 0 spiro atoms. The van der Waals surface area contributed by atoms with Gasteiger partial charge < -0.3 is 10.6 Å². The third-order valence-electron chi connectivity index (χ3n) is 4.90. The van der Waals surface area contributed by atoms with E-state index in [0.29, 0.717) is 5.92 Å². The van der Waals surface area contributed by atoms with E-state index in [2.05, 4.69) is 23.6 Å². The molecule has 1 aromatic rings. The summed E-state index contributed by atoms with van der Waals surface area (Å²) in [6, 6.07) is 6.04. The molecule has 21 heavy (non-hydrogen) atoms. The Morgan fingerprint density at radius 1 is 1.33 bits per heavy atom. The van der Waals surface area contributed by atoms with Crippen molar-refractivity contribution in [1.29, 1.82) is 0 Å². The zero-order chi connectivity index (χ0) is 14.7. The summed E-state index contributed by atoms with van der Waals surface area (Å²) in [5.41, 5.74) is 3.28. The van der Waals surface area contributed by atoms with Crippen molar-refractivity contribution in [2.24, 2.45) is 11.8 Å². The van der Waals surface area contributed by atoms with E-state index in [0.717, 1.165) is 37.4 Å². The lowest BCUT2D eigenvalue weighted by Crippen LogP contribution is -2.31. The maximum atomic E-state index is 12.3. The van der Waals surface area contributed by atoms with Crippen LogP contribution in [0.1, 0.15) is 54.9 Å². The second-order valence-corrected chi connectivity index (χ2v) is 6.75. The van der Waals surface area contributed by atoms with Crippen LogP contribution >= 0.6 is 0 Å². The molecule has 2 aliphatic rings. The van der Waals surface area contributed by atoms with E-state index in [-0.39, 0.29) is 5.91 Å². The third-order valence-corrected chi connectivity index (χ3v) is 4.90. The lowest BCUT2D eigenvalue weighted by molar-refractivity contribution is 0.0940. The molecule has 2 N–H and O–H groups in total. The maximum absolute atomic E-state index is 12.3. The summed E-state index contributed by atoms with van der Waals surface area (Å²) in [5.74, 6) is 1.56. The fraction of sp³-hybridized carbons (Fsp3) is 0.611. The van der Waals surface area contributed by atoms with E-state index in [1.54, 1.807) is 0 Å². The highest BCUT2D eigenvalue weighted by atomic mass is 16.1. The molecule has 0 saturated heterocycles. The van der Waals surface area contributed by atoms with Gasteiger partial charge >= 0.3 is 0 Å². The maximum Gasteiger partial charge on any atom is 0.251 e. The van der Waals surface area contributed by atoms with Gasteiger partial charge in [-0.15, -0.1) is 0 Å². The van der Waals surface area contributed by atoms with Gasteiger partial charge in [0.2, 0.25) is 0 Å². The number of carbonyl (C=O) groups excluding carboxylic acids is 1. The van der Waals surface area contributed by atoms with Crippen LogP contribution in [0, 0.1) is 11.8 Å². The van der Waals surface area contributed by atoms with E-state index in [4.69, 9.17) is 0 Å². The molecule has 3 rings (SSSR count). The lowest BCUT2D eigenvalue weighted by Gasteiger charge is -2.26. The summed E-state index contributed by atoms with van der Waals surface area (Å²) < 4.78 is 0. The van der Waals surface area contributed by atoms with Gasteiger partial charge in [-0.25, -0.2) is 0 Å². The number of hydrogen-bond donors (Lipinski definition) is 2. The summed E-state index contributed by atoms with van der Waals surface area (Å²) in [7, 11) is 0. The normalized spacial score (nSPS) is 24.8. The first-order chi connectivity index (χ1) is 10.2. The summed E-state index contributed by atoms with van der Waals surface area (Å²) in [5, 5.41) is 6.52. The number of hydrogen-bond acceptors (Lipinski definition) is 2. The van der Waals surface area contributed by atoms with Crippen LogP contribution in [0.4, 0.5) is 5.69 Å². The van der Waals surface area contributed by atoms with Gasteiger partial charge in [-0.1, -0.05) is 19.8 Å². The zero-order valence-electron chi connectivity index (χ0n) is 13.0. The highest BCUT2D eigenvalue weighted by Crippen LogP contribution is 2.28. The molecule has 0 radical (unpaired) electrons. The van der Waals surface area contributed by atoms with Crippen molar-refractivity contribution in [3.8, 4) is 0 Å². The Hall–Kier alpha value is -1.51. The molecule has 3 heteroatoms. The molecule has 114 valence electrons. The Morgan fingerprint density at radius 3 is 3.10 bits per heavy atom. The standard InChI is InChI=1S/C18H26N2O/c1-13-4-2-5-14(10-13)12-20-18(21)16-7-8-17-15(11-16)6-3-9-19-17/h7-8,11,13-14,19H,2-6,9-10,12H2,1H3,(H,20,21). The van der Waals surface area contributed by atoms with E-state index in [9.17, 15) is 4.79 Å². The molecule has 0 bridgehead atoms. The predicted octanol–water partition coefficient (Wildman–Crippen LogP) is 3.60. The highest BCUT2D eigenvalue weighted by molar-refractivity contribution is 5.95. The second-order valence-electron chi connectivity index (χ2n) is 6.75. The van der Waals surface area contributed by atoms with Crippen molar-refractivity contribution in [2.45, 2.75) is 45.4 Å². The highest BCUT2D eigenvalue weighted by Gasteiger charge is 2.20. The SMILES string of the molecule is CC1CCCC(CNC(=O)c2ccc3c(c2)CCCN3)C1. The van der Waals surface area contributed by atoms with Gasteiger partial charge in [-0.3, -0.25) is 4.79 Å². The molecule has 3 nitrogen and oxygen atoms in total. The molecule has 2 unspecified atom stereocenters. The topological polar surface area (TPSA) is 41.1 Å². The van der Waals surface area contributed by atoms with Crippen molar-refractivity contribution < 1.29 is 4.79 Å². The van der Waals surface area contributed by atoms with E-state index < -0.39 is 0 Å². The Bertz CT molecular complexity index is 512. The Balaban J connectivity index is 1.57. The van der Waals surface area contributed by atoms with Gasteiger partial charge in [-0.05, 0) is 61.3 Å². The van der Waals surface area contributed by atoms with E-state index >= 15 is 0 Å². The molecule has 1 amide bonds. The summed E-state index contributed by atoms with van der Waals surface area (Å²) >= 11 is 0. The van der Waals surface area contributed by atoms with Gasteiger partial charge in [0.25, 0.3) is 5.91 Å². The van der Waals surface area contributed by atoms with Crippen LogP contribution in [0.15, 0.2) is 18.2 Å². The first-order valence-corrected chi connectivity index (χ1v) is 8.37. The van der Waals surface area contributed by atoms with Gasteiger partial charge in [0.15, 0.2) is 0 Å². The number of benzene rings is 1. The quantitative estimate of drug-likeness (QED) is 0.891. The molecular formula is C18H26N2O.